The molecule has 2 aromatic heterocycles. The summed E-state index contributed by atoms with van der Waals surface area (Å²) in [7, 11) is 0. The molecule has 0 bridgehead atoms. The lowest BCUT2D eigenvalue weighted by atomic mass is 10.2. The molecule has 2 aromatic rings. The van der Waals surface area contributed by atoms with Crippen LogP contribution in [0.4, 0.5) is 11.8 Å². The third kappa shape index (κ3) is 3.82. The van der Waals surface area contributed by atoms with Crippen molar-refractivity contribution < 1.29 is 0 Å². The highest BCUT2D eigenvalue weighted by Crippen LogP contribution is 2.13. The maximum atomic E-state index is 5.80. The first-order valence-electron chi connectivity index (χ1n) is 6.22. The molecule has 0 saturated carbocycles. The Labute approximate surface area is 117 Å². The Morgan fingerprint density at radius 2 is 2.26 bits per heavy atom. The van der Waals surface area contributed by atoms with Crippen molar-refractivity contribution in [2.45, 2.75) is 26.3 Å². The topological polar surface area (TPSA) is 81.6 Å². The van der Waals surface area contributed by atoms with E-state index >= 15 is 0 Å². The highest BCUT2D eigenvalue weighted by molar-refractivity contribution is 6.30. The summed E-state index contributed by atoms with van der Waals surface area (Å²) in [6.45, 7) is 3.66. The summed E-state index contributed by atoms with van der Waals surface area (Å²) in [5, 5.41) is 8.05. The fourth-order valence-electron chi connectivity index (χ4n) is 1.74. The Morgan fingerprint density at radius 3 is 2.95 bits per heavy atom. The number of halogens is 1. The van der Waals surface area contributed by atoms with Gasteiger partial charge in [-0.15, -0.1) is 0 Å². The van der Waals surface area contributed by atoms with Crippen molar-refractivity contribution in [3.63, 3.8) is 0 Å². The van der Waals surface area contributed by atoms with E-state index in [1.165, 1.54) is 0 Å². The number of hydrogen-bond donors (Lipinski definition) is 2. The smallest absolute Gasteiger partial charge is 0.221 e. The Kier molecular flexibility index (Phi) is 4.57. The summed E-state index contributed by atoms with van der Waals surface area (Å²) in [5.41, 5.74) is 6.66. The van der Waals surface area contributed by atoms with Gasteiger partial charge in [0.25, 0.3) is 0 Å². The molecule has 0 atom stereocenters. The maximum Gasteiger partial charge on any atom is 0.221 e. The zero-order valence-corrected chi connectivity index (χ0v) is 11.6. The van der Waals surface area contributed by atoms with Crippen LogP contribution in [0.3, 0.4) is 0 Å². The largest absolute Gasteiger partial charge is 0.370 e. The van der Waals surface area contributed by atoms with Crippen LogP contribution in [0.5, 0.6) is 0 Å². The van der Waals surface area contributed by atoms with Crippen molar-refractivity contribution >= 4 is 23.4 Å². The highest BCUT2D eigenvalue weighted by Gasteiger charge is 2.03. The minimum atomic E-state index is 0.290. The zero-order valence-electron chi connectivity index (χ0n) is 10.8. The molecular weight excluding hydrogens is 264 g/mol. The Morgan fingerprint density at radius 1 is 1.42 bits per heavy atom. The van der Waals surface area contributed by atoms with Gasteiger partial charge in [-0.3, -0.25) is 4.68 Å². The summed E-state index contributed by atoms with van der Waals surface area (Å²) in [5.74, 6) is 1.10. The molecule has 0 unspecified atom stereocenters. The normalized spacial score (nSPS) is 10.6. The molecule has 0 saturated heterocycles. The SMILES string of the molecule is CCc1cnc(N)nc1NCCCn1cc(Cl)cn1. The summed E-state index contributed by atoms with van der Waals surface area (Å²) >= 11 is 5.80. The maximum absolute atomic E-state index is 5.80. The molecule has 0 aliphatic carbocycles. The van der Waals surface area contributed by atoms with Crippen LogP contribution in [-0.2, 0) is 13.0 Å². The third-order valence-electron chi connectivity index (χ3n) is 2.72. The lowest BCUT2D eigenvalue weighted by molar-refractivity contribution is 0.591. The van der Waals surface area contributed by atoms with E-state index in [0.29, 0.717) is 11.0 Å². The molecule has 0 spiro atoms. The van der Waals surface area contributed by atoms with Crippen LogP contribution in [0, 0.1) is 0 Å². The van der Waals surface area contributed by atoms with E-state index in [4.69, 9.17) is 17.3 Å². The zero-order chi connectivity index (χ0) is 13.7. The Hall–Kier alpha value is -1.82. The molecule has 102 valence electrons. The molecule has 0 radical (unpaired) electrons. The number of rotatable bonds is 6. The van der Waals surface area contributed by atoms with Crippen molar-refractivity contribution in [1.82, 2.24) is 19.7 Å². The molecule has 0 aliphatic rings. The quantitative estimate of drug-likeness (QED) is 0.791. The van der Waals surface area contributed by atoms with Crippen LogP contribution in [-0.4, -0.2) is 26.3 Å². The average Bonchev–Trinajstić information content (AvgIpc) is 2.81. The van der Waals surface area contributed by atoms with Crippen LogP contribution in [0.1, 0.15) is 18.9 Å². The monoisotopic (exact) mass is 280 g/mol. The van der Waals surface area contributed by atoms with Crippen molar-refractivity contribution in [1.29, 1.82) is 0 Å². The van der Waals surface area contributed by atoms with Crippen molar-refractivity contribution in [3.05, 3.63) is 29.2 Å². The Bertz CT molecular complexity index is 539. The number of nitrogens with two attached hydrogens (primary N) is 1. The number of hydrogen-bond acceptors (Lipinski definition) is 5. The van der Waals surface area contributed by atoms with E-state index in [1.54, 1.807) is 12.4 Å². The van der Waals surface area contributed by atoms with Crippen LogP contribution in [0.15, 0.2) is 18.6 Å². The number of anilines is 2. The van der Waals surface area contributed by atoms with Gasteiger partial charge in [-0.2, -0.15) is 10.1 Å². The standard InChI is InChI=1S/C12H17ClN6/c1-2-9-6-16-12(14)18-11(9)15-4-3-5-19-8-10(13)7-17-19/h6-8H,2-5H2,1H3,(H3,14,15,16,18). The average molecular weight is 281 g/mol. The summed E-state index contributed by atoms with van der Waals surface area (Å²) in [6, 6.07) is 0. The fourth-order valence-corrected chi connectivity index (χ4v) is 1.90. The number of nitrogens with one attached hydrogen (secondary N) is 1. The highest BCUT2D eigenvalue weighted by atomic mass is 35.5. The van der Waals surface area contributed by atoms with Gasteiger partial charge < -0.3 is 11.1 Å². The number of nitrogens with zero attached hydrogens (tertiary/aromatic N) is 4. The van der Waals surface area contributed by atoms with Gasteiger partial charge >= 0.3 is 0 Å². The van der Waals surface area contributed by atoms with Gasteiger partial charge in [0.2, 0.25) is 5.95 Å². The van der Waals surface area contributed by atoms with Crippen molar-refractivity contribution in [3.8, 4) is 0 Å². The predicted octanol–water partition coefficient (Wildman–Crippen LogP) is 1.97. The summed E-state index contributed by atoms with van der Waals surface area (Å²) in [4.78, 5) is 8.19. The molecule has 3 N–H and O–H groups in total. The second-order valence-electron chi connectivity index (χ2n) is 4.16. The molecule has 19 heavy (non-hydrogen) atoms. The van der Waals surface area contributed by atoms with E-state index < -0.39 is 0 Å². The molecular formula is C12H17ClN6. The van der Waals surface area contributed by atoms with Gasteiger partial charge in [-0.25, -0.2) is 4.98 Å². The molecule has 6 nitrogen and oxygen atoms in total. The molecule has 7 heteroatoms. The van der Waals surface area contributed by atoms with Gasteiger partial charge in [-0.1, -0.05) is 18.5 Å². The number of nitrogen functional groups attached to an aromatic ring is 1. The van der Waals surface area contributed by atoms with E-state index in [2.05, 4.69) is 27.3 Å². The third-order valence-corrected chi connectivity index (χ3v) is 2.92. The second-order valence-corrected chi connectivity index (χ2v) is 4.59. The van der Waals surface area contributed by atoms with Gasteiger partial charge in [-0.05, 0) is 12.8 Å². The van der Waals surface area contributed by atoms with Gasteiger partial charge in [0, 0.05) is 31.0 Å². The van der Waals surface area contributed by atoms with Crippen LogP contribution >= 0.6 is 11.6 Å². The first kappa shape index (κ1) is 13.6. The van der Waals surface area contributed by atoms with Gasteiger partial charge in [0.05, 0.1) is 11.2 Å². The van der Waals surface area contributed by atoms with Gasteiger partial charge in [0.15, 0.2) is 0 Å². The number of aromatic nitrogens is 4. The predicted molar refractivity (Wildman–Crippen MR) is 76.2 cm³/mol. The first-order chi connectivity index (χ1) is 9.19. The van der Waals surface area contributed by atoms with Crippen molar-refractivity contribution in [2.75, 3.05) is 17.6 Å². The Balaban J connectivity index is 1.83. The molecule has 0 amide bonds. The van der Waals surface area contributed by atoms with Crippen LogP contribution in [0.25, 0.3) is 0 Å². The summed E-state index contributed by atoms with van der Waals surface area (Å²) < 4.78 is 1.82. The van der Waals surface area contributed by atoms with Crippen LogP contribution < -0.4 is 11.1 Å². The lowest BCUT2D eigenvalue weighted by Gasteiger charge is -2.09. The molecule has 0 aromatic carbocycles. The summed E-state index contributed by atoms with van der Waals surface area (Å²) in [6.07, 6.45) is 7.00. The van der Waals surface area contributed by atoms with E-state index in [9.17, 15) is 0 Å². The fraction of sp³-hybridized carbons (Fsp3) is 0.417. The van der Waals surface area contributed by atoms with Crippen LogP contribution in [0.2, 0.25) is 5.02 Å². The van der Waals surface area contributed by atoms with E-state index in [0.717, 1.165) is 37.3 Å². The first-order valence-corrected chi connectivity index (χ1v) is 6.60. The lowest BCUT2D eigenvalue weighted by Crippen LogP contribution is -2.11. The molecule has 2 heterocycles. The number of aryl methyl sites for hydroxylation is 2. The minimum absolute atomic E-state index is 0.290. The molecule has 0 fully saturated rings. The van der Waals surface area contributed by atoms with E-state index in [-0.39, 0.29) is 0 Å². The second kappa shape index (κ2) is 6.38. The van der Waals surface area contributed by atoms with Gasteiger partial charge in [0.1, 0.15) is 5.82 Å². The minimum Gasteiger partial charge on any atom is -0.370 e. The van der Waals surface area contributed by atoms with E-state index in [1.807, 2.05) is 10.9 Å². The molecule has 2 rings (SSSR count). The van der Waals surface area contributed by atoms with Crippen molar-refractivity contribution in [2.24, 2.45) is 0 Å². The molecule has 0 aliphatic heterocycles.